The van der Waals surface area contributed by atoms with Crippen LogP contribution in [0.25, 0.3) is 11.4 Å². The molecule has 5 nitrogen and oxygen atoms in total. The Morgan fingerprint density at radius 2 is 2.18 bits per heavy atom. The number of rotatable bonds is 4. The fourth-order valence-corrected chi connectivity index (χ4v) is 1.40. The Bertz CT molecular complexity index is 501. The fraction of sp³-hybridized carbons (Fsp3) is 0.273. The number of aromatic nitrogens is 2. The molecule has 1 atom stereocenters. The molecule has 0 aliphatic carbocycles. The highest BCUT2D eigenvalue weighted by atomic mass is 19.1. The van der Waals surface area contributed by atoms with E-state index < -0.39 is 11.9 Å². The van der Waals surface area contributed by atoms with E-state index in [9.17, 15) is 9.50 Å². The minimum atomic E-state index is -0.909. The first-order valence-corrected chi connectivity index (χ1v) is 5.19. The van der Waals surface area contributed by atoms with Crippen LogP contribution in [0, 0.1) is 5.82 Å². The largest absolute Gasteiger partial charge is 0.383 e. The molecule has 17 heavy (non-hydrogen) atoms. The highest BCUT2D eigenvalue weighted by Crippen LogP contribution is 2.22. The zero-order chi connectivity index (χ0) is 12.3. The lowest BCUT2D eigenvalue weighted by molar-refractivity contribution is 0.127. The molecule has 1 heterocycles. The van der Waals surface area contributed by atoms with E-state index in [4.69, 9.17) is 10.3 Å². The van der Waals surface area contributed by atoms with Crippen LogP contribution in [0.5, 0.6) is 0 Å². The second-order valence-corrected chi connectivity index (χ2v) is 3.53. The van der Waals surface area contributed by atoms with Crippen LogP contribution in [0.15, 0.2) is 28.8 Å². The summed E-state index contributed by atoms with van der Waals surface area (Å²) in [5.41, 5.74) is 5.54. The first-order chi connectivity index (χ1) is 8.22. The highest BCUT2D eigenvalue weighted by Gasteiger charge is 2.17. The van der Waals surface area contributed by atoms with Gasteiger partial charge in [-0.15, -0.1) is 0 Å². The Hall–Kier alpha value is -1.79. The topological polar surface area (TPSA) is 85.2 Å². The average Bonchev–Trinajstić information content (AvgIpc) is 2.79. The zero-order valence-corrected chi connectivity index (χ0v) is 9.01. The highest BCUT2D eigenvalue weighted by molar-refractivity contribution is 5.54. The molecule has 0 aliphatic heterocycles. The number of benzene rings is 1. The summed E-state index contributed by atoms with van der Waals surface area (Å²) in [4.78, 5) is 3.94. The van der Waals surface area contributed by atoms with Gasteiger partial charge in [-0.2, -0.15) is 4.98 Å². The lowest BCUT2D eigenvalue weighted by Gasteiger charge is -2.01. The van der Waals surface area contributed by atoms with Gasteiger partial charge in [-0.25, -0.2) is 4.39 Å². The predicted molar refractivity (Wildman–Crippen MR) is 58.3 cm³/mol. The van der Waals surface area contributed by atoms with Gasteiger partial charge in [-0.05, 0) is 25.1 Å². The van der Waals surface area contributed by atoms with Crippen molar-refractivity contribution in [3.05, 3.63) is 36.0 Å². The first-order valence-electron chi connectivity index (χ1n) is 5.19. The summed E-state index contributed by atoms with van der Waals surface area (Å²) in [5, 5.41) is 13.2. The van der Waals surface area contributed by atoms with Crippen molar-refractivity contribution in [3.63, 3.8) is 0 Å². The van der Waals surface area contributed by atoms with Crippen LogP contribution in [-0.2, 0) is 0 Å². The molecule has 1 aromatic carbocycles. The van der Waals surface area contributed by atoms with Crippen LogP contribution in [0.3, 0.4) is 0 Å². The first kappa shape index (κ1) is 11.7. The monoisotopic (exact) mass is 237 g/mol. The molecule has 0 unspecified atom stereocenters. The van der Waals surface area contributed by atoms with E-state index in [1.165, 1.54) is 6.07 Å². The molecule has 2 rings (SSSR count). The molecule has 90 valence electrons. The maximum Gasteiger partial charge on any atom is 0.255 e. The Morgan fingerprint density at radius 1 is 1.41 bits per heavy atom. The maximum absolute atomic E-state index is 13.4. The molecule has 3 N–H and O–H groups in total. The summed E-state index contributed by atoms with van der Waals surface area (Å²) in [6.07, 6.45) is -0.591. The molecule has 0 saturated carbocycles. The van der Waals surface area contributed by atoms with Crippen LogP contribution in [0.1, 0.15) is 18.4 Å². The van der Waals surface area contributed by atoms with E-state index >= 15 is 0 Å². The third-order valence-electron chi connectivity index (χ3n) is 2.28. The van der Waals surface area contributed by atoms with Crippen molar-refractivity contribution in [2.75, 3.05) is 6.54 Å². The Morgan fingerprint density at radius 3 is 2.88 bits per heavy atom. The minimum absolute atomic E-state index is 0.0497. The van der Waals surface area contributed by atoms with E-state index in [1.54, 1.807) is 18.2 Å². The van der Waals surface area contributed by atoms with Crippen molar-refractivity contribution in [3.8, 4) is 11.4 Å². The number of nitrogens with zero attached hydrogens (tertiary/aromatic N) is 2. The third kappa shape index (κ3) is 2.48. The van der Waals surface area contributed by atoms with Gasteiger partial charge in [0.25, 0.3) is 5.89 Å². The van der Waals surface area contributed by atoms with E-state index in [2.05, 4.69) is 10.1 Å². The molecule has 2 aromatic rings. The lowest BCUT2D eigenvalue weighted by atomic mass is 10.2. The molecule has 1 aromatic heterocycles. The van der Waals surface area contributed by atoms with Crippen molar-refractivity contribution in [2.45, 2.75) is 12.5 Å². The van der Waals surface area contributed by atoms with E-state index in [-0.39, 0.29) is 17.3 Å². The normalized spacial score (nSPS) is 12.6. The number of nitrogens with two attached hydrogens (primary N) is 1. The van der Waals surface area contributed by atoms with Gasteiger partial charge in [0.1, 0.15) is 11.9 Å². The molecule has 0 aliphatic rings. The van der Waals surface area contributed by atoms with E-state index in [0.29, 0.717) is 13.0 Å². The summed E-state index contributed by atoms with van der Waals surface area (Å²) in [5.74, 6) is -0.268. The van der Waals surface area contributed by atoms with Crippen molar-refractivity contribution < 1.29 is 14.0 Å². The Kier molecular flexibility index (Phi) is 3.46. The quantitative estimate of drug-likeness (QED) is 0.836. The summed E-state index contributed by atoms with van der Waals surface area (Å²) in [6, 6.07) is 6.09. The molecular formula is C11H12FN3O2. The maximum atomic E-state index is 13.4. The second kappa shape index (κ2) is 5.03. The zero-order valence-electron chi connectivity index (χ0n) is 9.01. The van der Waals surface area contributed by atoms with Crippen molar-refractivity contribution in [1.29, 1.82) is 0 Å². The van der Waals surface area contributed by atoms with Crippen LogP contribution >= 0.6 is 0 Å². The predicted octanol–water partition coefficient (Wildman–Crippen LogP) is 1.26. The smallest absolute Gasteiger partial charge is 0.255 e. The number of aliphatic hydroxyl groups is 1. The summed E-state index contributed by atoms with van der Waals surface area (Å²) < 4.78 is 18.3. The summed E-state index contributed by atoms with van der Waals surface area (Å²) >= 11 is 0. The van der Waals surface area contributed by atoms with Crippen molar-refractivity contribution >= 4 is 0 Å². The molecular weight excluding hydrogens is 225 g/mol. The molecule has 0 spiro atoms. The molecule has 0 bridgehead atoms. The van der Waals surface area contributed by atoms with Gasteiger partial charge in [0, 0.05) is 0 Å². The molecule has 6 heteroatoms. The average molecular weight is 237 g/mol. The fourth-order valence-electron chi connectivity index (χ4n) is 1.40. The standard InChI is InChI=1S/C11H12FN3O2/c12-8-4-2-1-3-7(8)10-14-11(17-15-10)9(16)5-6-13/h1-4,9,16H,5-6,13H2/t9-/m0/s1. The van der Waals surface area contributed by atoms with Gasteiger partial charge in [0.15, 0.2) is 0 Å². The van der Waals surface area contributed by atoms with Crippen molar-refractivity contribution in [1.82, 2.24) is 10.1 Å². The number of hydrogen-bond donors (Lipinski definition) is 2. The summed E-state index contributed by atoms with van der Waals surface area (Å²) in [6.45, 7) is 0.304. The van der Waals surface area contributed by atoms with Crippen LogP contribution in [0.4, 0.5) is 4.39 Å². The van der Waals surface area contributed by atoms with E-state index in [0.717, 1.165) is 0 Å². The minimum Gasteiger partial charge on any atom is -0.383 e. The third-order valence-corrected chi connectivity index (χ3v) is 2.28. The Balaban J connectivity index is 2.27. The SMILES string of the molecule is NCC[C@H](O)c1nc(-c2ccccc2F)no1. The van der Waals surface area contributed by atoms with Gasteiger partial charge in [-0.1, -0.05) is 17.3 Å². The molecule has 0 amide bonds. The van der Waals surface area contributed by atoms with Crippen LogP contribution in [-0.4, -0.2) is 21.8 Å². The lowest BCUT2D eigenvalue weighted by Crippen LogP contribution is -2.06. The molecule has 0 saturated heterocycles. The van der Waals surface area contributed by atoms with Crippen molar-refractivity contribution in [2.24, 2.45) is 5.73 Å². The van der Waals surface area contributed by atoms with Gasteiger partial charge < -0.3 is 15.4 Å². The van der Waals surface area contributed by atoms with Crippen LogP contribution in [0.2, 0.25) is 0 Å². The Labute approximate surface area is 97.1 Å². The van der Waals surface area contributed by atoms with Crippen LogP contribution < -0.4 is 5.73 Å². The molecule has 0 radical (unpaired) electrons. The van der Waals surface area contributed by atoms with Gasteiger partial charge in [-0.3, -0.25) is 0 Å². The van der Waals surface area contributed by atoms with Gasteiger partial charge >= 0.3 is 0 Å². The van der Waals surface area contributed by atoms with Gasteiger partial charge in [0.05, 0.1) is 5.56 Å². The second-order valence-electron chi connectivity index (χ2n) is 3.53. The number of halogens is 1. The molecule has 0 fully saturated rings. The number of aliphatic hydroxyl groups excluding tert-OH is 1. The van der Waals surface area contributed by atoms with Gasteiger partial charge in [0.2, 0.25) is 5.82 Å². The summed E-state index contributed by atoms with van der Waals surface area (Å²) in [7, 11) is 0. The number of hydrogen-bond acceptors (Lipinski definition) is 5. The van der Waals surface area contributed by atoms with E-state index in [1.807, 2.05) is 0 Å².